The van der Waals surface area contributed by atoms with Crippen LogP contribution in [0.2, 0.25) is 5.02 Å². The van der Waals surface area contributed by atoms with Gasteiger partial charge in [-0.15, -0.1) is 0 Å². The highest BCUT2D eigenvalue weighted by Gasteiger charge is 2.55. The normalized spacial score (nSPS) is 22.5. The van der Waals surface area contributed by atoms with Crippen LogP contribution in [-0.4, -0.2) is 23.4 Å². The van der Waals surface area contributed by atoms with Crippen molar-refractivity contribution in [2.75, 3.05) is 7.11 Å². The quantitative estimate of drug-likeness (QED) is 0.395. The number of hydrogen-bond donors (Lipinski definition) is 0. The van der Waals surface area contributed by atoms with Gasteiger partial charge < -0.3 is 13.9 Å². The molecule has 2 aliphatic heterocycles. The molecule has 3 atom stereocenters. The largest absolute Gasteiger partial charge is 0.469 e. The minimum atomic E-state index is -1.20. The molecular formula is C26H19ClN2O5S. The molecule has 4 aromatic rings. The molecule has 0 unspecified atom stereocenters. The number of carbonyl (C=O) groups is 1. The summed E-state index contributed by atoms with van der Waals surface area (Å²) in [5.74, 6) is 0.457. The Hall–Kier alpha value is -3.62. The van der Waals surface area contributed by atoms with E-state index in [0.29, 0.717) is 31.6 Å². The minimum absolute atomic E-state index is 0.257. The molecule has 0 spiro atoms. The number of nitrogens with zero attached hydrogens (tertiary/aromatic N) is 2. The van der Waals surface area contributed by atoms with Crippen molar-refractivity contribution in [3.8, 4) is 17.1 Å². The van der Waals surface area contributed by atoms with Gasteiger partial charge in [0.1, 0.15) is 23.2 Å². The third kappa shape index (κ3) is 3.44. The van der Waals surface area contributed by atoms with E-state index in [-0.39, 0.29) is 5.56 Å². The lowest BCUT2D eigenvalue weighted by Gasteiger charge is -2.44. The molecule has 2 bridgehead atoms. The van der Waals surface area contributed by atoms with Gasteiger partial charge in [-0.2, -0.15) is 0 Å². The average molecular weight is 507 g/mol. The molecule has 0 radical (unpaired) electrons. The second kappa shape index (κ2) is 7.96. The van der Waals surface area contributed by atoms with Crippen LogP contribution in [0.4, 0.5) is 0 Å². The summed E-state index contributed by atoms with van der Waals surface area (Å²) in [5.41, 5.74) is 0.118. The predicted octanol–water partition coefficient (Wildman–Crippen LogP) is 3.77. The van der Waals surface area contributed by atoms with Gasteiger partial charge in [-0.3, -0.25) is 14.2 Å². The molecule has 0 fully saturated rings. The molecule has 4 heterocycles. The van der Waals surface area contributed by atoms with Gasteiger partial charge in [0.05, 0.1) is 17.7 Å². The maximum atomic E-state index is 13.6. The number of fused-ring (bicyclic) bond motifs is 6. The molecule has 7 nitrogen and oxygen atoms in total. The molecule has 2 aromatic heterocycles. The highest BCUT2D eigenvalue weighted by atomic mass is 35.5. The summed E-state index contributed by atoms with van der Waals surface area (Å²) < 4.78 is 19.3. The van der Waals surface area contributed by atoms with Gasteiger partial charge in [0.25, 0.3) is 5.56 Å². The van der Waals surface area contributed by atoms with Crippen molar-refractivity contribution < 1.29 is 18.7 Å². The van der Waals surface area contributed by atoms with Gasteiger partial charge in [0, 0.05) is 22.2 Å². The van der Waals surface area contributed by atoms with Crippen molar-refractivity contribution in [1.29, 1.82) is 0 Å². The molecule has 0 amide bonds. The zero-order valence-corrected chi connectivity index (χ0v) is 20.3. The van der Waals surface area contributed by atoms with Crippen molar-refractivity contribution in [2.24, 2.45) is 10.9 Å². The number of halogens is 1. The molecule has 35 heavy (non-hydrogen) atoms. The number of aromatic nitrogens is 1. The lowest BCUT2D eigenvalue weighted by molar-refractivity contribution is -0.158. The van der Waals surface area contributed by atoms with Gasteiger partial charge in [0.15, 0.2) is 4.80 Å². The van der Waals surface area contributed by atoms with Gasteiger partial charge >= 0.3 is 5.97 Å². The number of para-hydroxylation sites is 1. The van der Waals surface area contributed by atoms with E-state index in [1.54, 1.807) is 29.7 Å². The average Bonchev–Trinajstić information content (AvgIpc) is 3.42. The molecule has 176 valence electrons. The first kappa shape index (κ1) is 21.9. The smallest absolute Gasteiger partial charge is 0.317 e. The Kier molecular flexibility index (Phi) is 4.98. The third-order valence-electron chi connectivity index (χ3n) is 6.34. The van der Waals surface area contributed by atoms with E-state index in [2.05, 4.69) is 0 Å². The predicted molar refractivity (Wildman–Crippen MR) is 131 cm³/mol. The number of rotatable bonds is 3. The second-order valence-corrected chi connectivity index (χ2v) is 9.98. The van der Waals surface area contributed by atoms with E-state index >= 15 is 0 Å². The monoisotopic (exact) mass is 506 g/mol. The number of benzene rings is 2. The van der Waals surface area contributed by atoms with Crippen molar-refractivity contribution in [3.05, 3.63) is 96.7 Å². The highest BCUT2D eigenvalue weighted by molar-refractivity contribution is 7.07. The van der Waals surface area contributed by atoms with E-state index in [4.69, 9.17) is 30.5 Å². The lowest BCUT2D eigenvalue weighted by Crippen LogP contribution is -2.58. The number of thiazole rings is 1. The first-order chi connectivity index (χ1) is 16.9. The van der Waals surface area contributed by atoms with Crippen LogP contribution in [0, 0.1) is 5.92 Å². The van der Waals surface area contributed by atoms with Crippen LogP contribution in [0.1, 0.15) is 24.3 Å². The first-order valence-corrected chi connectivity index (χ1v) is 12.1. The molecule has 2 aliphatic rings. The van der Waals surface area contributed by atoms with Crippen LogP contribution in [0.15, 0.2) is 74.9 Å². The zero-order valence-electron chi connectivity index (χ0n) is 18.7. The van der Waals surface area contributed by atoms with Crippen LogP contribution in [-0.2, 0) is 9.53 Å². The van der Waals surface area contributed by atoms with Gasteiger partial charge in [-0.05, 0) is 37.3 Å². The van der Waals surface area contributed by atoms with Crippen LogP contribution in [0.5, 0.6) is 5.75 Å². The second-order valence-electron chi connectivity index (χ2n) is 8.53. The standard InChI is InChI=1S/C26H19ClN2O5S/c1-26-21(24(31)32-2)22(17-8-3-4-9-19(17)34-26)29-23(30)20(35-25(29)28-26)13-16-10-11-18(33-16)14-6-5-7-15(27)12-14/h3-13,21-22H,1-2H3/b20-13+/t21-,22-,26+/m1/s1. The maximum absolute atomic E-state index is 13.6. The summed E-state index contributed by atoms with van der Waals surface area (Å²) in [4.78, 5) is 31.7. The van der Waals surface area contributed by atoms with Crippen LogP contribution >= 0.6 is 22.9 Å². The number of esters is 1. The molecule has 9 heteroatoms. The van der Waals surface area contributed by atoms with E-state index in [0.717, 1.165) is 11.1 Å². The Balaban J connectivity index is 1.51. The zero-order chi connectivity index (χ0) is 24.3. The molecule has 0 aliphatic carbocycles. The van der Waals surface area contributed by atoms with Crippen molar-refractivity contribution in [1.82, 2.24) is 4.57 Å². The van der Waals surface area contributed by atoms with Gasteiger partial charge in [-0.25, -0.2) is 4.99 Å². The molecule has 0 saturated carbocycles. The van der Waals surface area contributed by atoms with E-state index in [1.807, 2.05) is 48.5 Å². The molecular weight excluding hydrogens is 488 g/mol. The topological polar surface area (TPSA) is 83.0 Å². The van der Waals surface area contributed by atoms with Crippen LogP contribution in [0.3, 0.4) is 0 Å². The van der Waals surface area contributed by atoms with Crippen molar-refractivity contribution in [2.45, 2.75) is 18.7 Å². The maximum Gasteiger partial charge on any atom is 0.317 e. The highest BCUT2D eigenvalue weighted by Crippen LogP contribution is 2.47. The Bertz CT molecular complexity index is 1670. The fourth-order valence-electron chi connectivity index (χ4n) is 4.79. The molecule has 0 N–H and O–H groups in total. The Labute approximate surface area is 208 Å². The summed E-state index contributed by atoms with van der Waals surface area (Å²) in [6.07, 6.45) is 1.69. The van der Waals surface area contributed by atoms with E-state index in [1.165, 1.54) is 18.4 Å². The Morgan fingerprint density at radius 3 is 2.83 bits per heavy atom. The third-order valence-corrected chi connectivity index (χ3v) is 7.56. The summed E-state index contributed by atoms with van der Waals surface area (Å²) in [6, 6.07) is 17.8. The first-order valence-electron chi connectivity index (χ1n) is 10.9. The van der Waals surface area contributed by atoms with E-state index in [9.17, 15) is 9.59 Å². The number of carbonyl (C=O) groups excluding carboxylic acids is 1. The molecule has 2 aromatic carbocycles. The number of hydrogen-bond acceptors (Lipinski definition) is 7. The van der Waals surface area contributed by atoms with Gasteiger partial charge in [-0.1, -0.05) is 53.3 Å². The van der Waals surface area contributed by atoms with E-state index < -0.39 is 23.7 Å². The fourth-order valence-corrected chi connectivity index (χ4v) is 6.06. The summed E-state index contributed by atoms with van der Waals surface area (Å²) >= 11 is 7.33. The lowest BCUT2D eigenvalue weighted by atomic mass is 9.81. The Morgan fingerprint density at radius 2 is 2.03 bits per heavy atom. The summed E-state index contributed by atoms with van der Waals surface area (Å²) in [5, 5.41) is 0.609. The number of methoxy groups -OCH3 is 1. The molecule has 6 rings (SSSR count). The fraction of sp³-hybridized carbons (Fsp3) is 0.192. The summed E-state index contributed by atoms with van der Waals surface area (Å²) in [6.45, 7) is 1.75. The Morgan fingerprint density at radius 1 is 1.20 bits per heavy atom. The molecule has 0 saturated heterocycles. The van der Waals surface area contributed by atoms with Crippen molar-refractivity contribution in [3.63, 3.8) is 0 Å². The minimum Gasteiger partial charge on any atom is -0.469 e. The number of furan rings is 1. The summed E-state index contributed by atoms with van der Waals surface area (Å²) in [7, 11) is 1.33. The van der Waals surface area contributed by atoms with Crippen LogP contribution < -0.4 is 19.6 Å². The van der Waals surface area contributed by atoms with Crippen molar-refractivity contribution >= 4 is 35.0 Å². The SMILES string of the molecule is COC(=O)[C@H]1[C@H]2c3ccccc3O[C@]1(C)N=c1s/c(=C/c3ccc(-c4cccc(Cl)c4)o3)c(=O)n12. The van der Waals surface area contributed by atoms with Gasteiger partial charge in [0.2, 0.25) is 5.72 Å². The van der Waals surface area contributed by atoms with Crippen LogP contribution in [0.25, 0.3) is 17.4 Å². The number of ether oxygens (including phenoxy) is 2.